The van der Waals surface area contributed by atoms with Gasteiger partial charge in [0.15, 0.2) is 0 Å². The van der Waals surface area contributed by atoms with Crippen LogP contribution in [0.1, 0.15) is 17.5 Å². The number of hydrogen-bond acceptors (Lipinski definition) is 3. The first-order chi connectivity index (χ1) is 10.8. The summed E-state index contributed by atoms with van der Waals surface area (Å²) < 4.78 is 10.8. The van der Waals surface area contributed by atoms with Gasteiger partial charge in [-0.25, -0.2) is 0 Å². The normalized spacial score (nSPS) is 10.2. The quantitative estimate of drug-likeness (QED) is 0.673. The van der Waals surface area contributed by atoms with Gasteiger partial charge in [-0.15, -0.1) is 12.4 Å². The van der Waals surface area contributed by atoms with Crippen LogP contribution in [-0.2, 0) is 17.9 Å². The molecule has 1 N–H and O–H groups in total. The Balaban J connectivity index is 0.00000264. The minimum Gasteiger partial charge on any atom is -0.489 e. The molecule has 0 radical (unpaired) electrons. The minimum atomic E-state index is 0. The highest BCUT2D eigenvalue weighted by molar-refractivity contribution is 6.31. The van der Waals surface area contributed by atoms with Crippen LogP contribution in [0.5, 0.6) is 5.75 Å². The highest BCUT2D eigenvalue weighted by Gasteiger charge is 2.01. The molecule has 0 aliphatic rings. The van der Waals surface area contributed by atoms with Crippen LogP contribution in [0.4, 0.5) is 0 Å². The maximum atomic E-state index is 6.11. The van der Waals surface area contributed by atoms with Gasteiger partial charge >= 0.3 is 0 Å². The number of benzene rings is 2. The summed E-state index contributed by atoms with van der Waals surface area (Å²) in [6.07, 6.45) is 1.02. The van der Waals surface area contributed by atoms with Crippen LogP contribution in [0, 0.1) is 0 Å². The third kappa shape index (κ3) is 7.23. The highest BCUT2D eigenvalue weighted by atomic mass is 35.5. The van der Waals surface area contributed by atoms with Crippen molar-refractivity contribution in [3.05, 3.63) is 64.7 Å². The molecule has 0 heterocycles. The average Bonchev–Trinajstić information content (AvgIpc) is 2.55. The molecule has 0 fully saturated rings. The third-order valence-corrected chi connectivity index (χ3v) is 3.68. The number of halogens is 2. The summed E-state index contributed by atoms with van der Waals surface area (Å²) in [5, 5.41) is 4.12. The lowest BCUT2D eigenvalue weighted by Crippen LogP contribution is -2.15. The van der Waals surface area contributed by atoms with E-state index in [-0.39, 0.29) is 12.4 Å². The molecular weight excluding hydrogens is 333 g/mol. The maximum absolute atomic E-state index is 6.11. The number of hydrogen-bond donors (Lipinski definition) is 1. The van der Waals surface area contributed by atoms with Crippen molar-refractivity contribution in [2.75, 3.05) is 20.3 Å². The lowest BCUT2D eigenvalue weighted by atomic mass is 10.2. The SMILES string of the molecule is COCCCNCc1ccc(OCc2ccccc2Cl)cc1.Cl. The smallest absolute Gasteiger partial charge is 0.119 e. The Morgan fingerprint density at radius 1 is 1.04 bits per heavy atom. The third-order valence-electron chi connectivity index (χ3n) is 3.31. The molecule has 0 aliphatic carbocycles. The van der Waals surface area contributed by atoms with E-state index in [0.29, 0.717) is 6.61 Å². The van der Waals surface area contributed by atoms with Gasteiger partial charge in [-0.1, -0.05) is 41.9 Å². The lowest BCUT2D eigenvalue weighted by Gasteiger charge is -2.09. The first-order valence-electron chi connectivity index (χ1n) is 7.44. The Morgan fingerprint density at radius 3 is 2.48 bits per heavy atom. The van der Waals surface area contributed by atoms with E-state index in [1.54, 1.807) is 7.11 Å². The molecule has 0 saturated carbocycles. The van der Waals surface area contributed by atoms with Gasteiger partial charge in [0.25, 0.3) is 0 Å². The first kappa shape index (κ1) is 19.8. The van der Waals surface area contributed by atoms with Crippen molar-refractivity contribution in [2.45, 2.75) is 19.6 Å². The molecule has 2 aromatic rings. The van der Waals surface area contributed by atoms with E-state index < -0.39 is 0 Å². The predicted octanol–water partition coefficient (Wildman–Crippen LogP) is 4.47. The molecule has 0 aromatic heterocycles. The monoisotopic (exact) mass is 355 g/mol. The van der Waals surface area contributed by atoms with Gasteiger partial charge < -0.3 is 14.8 Å². The van der Waals surface area contributed by atoms with E-state index in [4.69, 9.17) is 21.1 Å². The summed E-state index contributed by atoms with van der Waals surface area (Å²) in [5.74, 6) is 0.850. The van der Waals surface area contributed by atoms with E-state index >= 15 is 0 Å². The molecule has 0 bridgehead atoms. The Kier molecular flexibility index (Phi) is 9.72. The molecule has 0 unspecified atom stereocenters. The van der Waals surface area contributed by atoms with Gasteiger partial charge in [-0.2, -0.15) is 0 Å². The van der Waals surface area contributed by atoms with Gasteiger partial charge in [-0.3, -0.25) is 0 Å². The van der Waals surface area contributed by atoms with E-state index in [1.165, 1.54) is 5.56 Å². The molecule has 126 valence electrons. The van der Waals surface area contributed by atoms with Gasteiger partial charge in [-0.05, 0) is 36.7 Å². The summed E-state index contributed by atoms with van der Waals surface area (Å²) in [5.41, 5.74) is 2.23. The summed E-state index contributed by atoms with van der Waals surface area (Å²) in [6, 6.07) is 15.9. The summed E-state index contributed by atoms with van der Waals surface area (Å²) in [4.78, 5) is 0. The fourth-order valence-electron chi connectivity index (χ4n) is 2.05. The molecule has 0 spiro atoms. The van der Waals surface area contributed by atoms with Crippen LogP contribution in [0.2, 0.25) is 5.02 Å². The summed E-state index contributed by atoms with van der Waals surface area (Å²) in [6.45, 7) is 3.09. The Bertz CT molecular complexity index is 561. The highest BCUT2D eigenvalue weighted by Crippen LogP contribution is 2.18. The van der Waals surface area contributed by atoms with Crippen molar-refractivity contribution in [3.8, 4) is 5.75 Å². The topological polar surface area (TPSA) is 30.5 Å². The zero-order valence-corrected chi connectivity index (χ0v) is 14.8. The Morgan fingerprint density at radius 2 is 1.78 bits per heavy atom. The van der Waals surface area contributed by atoms with Crippen molar-refractivity contribution < 1.29 is 9.47 Å². The molecule has 0 atom stereocenters. The number of ether oxygens (including phenoxy) is 2. The predicted molar refractivity (Wildman–Crippen MR) is 97.7 cm³/mol. The average molecular weight is 356 g/mol. The first-order valence-corrected chi connectivity index (χ1v) is 7.82. The van der Waals surface area contributed by atoms with Crippen molar-refractivity contribution in [2.24, 2.45) is 0 Å². The zero-order chi connectivity index (χ0) is 15.6. The van der Waals surface area contributed by atoms with Crippen molar-refractivity contribution in [1.82, 2.24) is 5.32 Å². The van der Waals surface area contributed by atoms with Crippen molar-refractivity contribution in [1.29, 1.82) is 0 Å². The van der Waals surface area contributed by atoms with Crippen molar-refractivity contribution >= 4 is 24.0 Å². The minimum absolute atomic E-state index is 0. The molecule has 2 aromatic carbocycles. The van der Waals surface area contributed by atoms with E-state index in [9.17, 15) is 0 Å². The van der Waals surface area contributed by atoms with Gasteiger partial charge in [0.05, 0.1) is 0 Å². The molecule has 0 aliphatic heterocycles. The van der Waals surface area contributed by atoms with E-state index in [2.05, 4.69) is 17.4 Å². The van der Waals surface area contributed by atoms with Crippen LogP contribution >= 0.6 is 24.0 Å². The molecule has 23 heavy (non-hydrogen) atoms. The molecule has 3 nitrogen and oxygen atoms in total. The van der Waals surface area contributed by atoms with E-state index in [0.717, 1.165) is 42.5 Å². The number of nitrogens with one attached hydrogen (secondary N) is 1. The molecule has 2 rings (SSSR count). The Hall–Kier alpha value is -1.26. The summed E-state index contributed by atoms with van der Waals surface area (Å²) in [7, 11) is 1.72. The molecule has 0 amide bonds. The number of methoxy groups -OCH3 is 1. The van der Waals surface area contributed by atoms with Crippen LogP contribution in [0.15, 0.2) is 48.5 Å². The lowest BCUT2D eigenvalue weighted by molar-refractivity contribution is 0.194. The standard InChI is InChI=1S/C18H22ClNO2.ClH/c1-21-12-4-11-20-13-15-7-9-17(10-8-15)22-14-16-5-2-3-6-18(16)19;/h2-3,5-10,20H,4,11-14H2,1H3;1H. The fourth-order valence-corrected chi connectivity index (χ4v) is 2.24. The van der Waals surface area contributed by atoms with Gasteiger partial charge in [0.2, 0.25) is 0 Å². The largest absolute Gasteiger partial charge is 0.489 e. The summed E-state index contributed by atoms with van der Waals surface area (Å²) >= 11 is 6.11. The molecular formula is C18H23Cl2NO2. The van der Waals surface area contributed by atoms with Crippen molar-refractivity contribution in [3.63, 3.8) is 0 Å². The van der Waals surface area contributed by atoms with Crippen LogP contribution in [0.3, 0.4) is 0 Å². The molecule has 5 heteroatoms. The van der Waals surface area contributed by atoms with Gasteiger partial charge in [0, 0.05) is 30.8 Å². The second-order valence-corrected chi connectivity index (χ2v) is 5.45. The number of rotatable bonds is 9. The van der Waals surface area contributed by atoms with Gasteiger partial charge in [0.1, 0.15) is 12.4 Å². The molecule has 0 saturated heterocycles. The Labute approximate surface area is 149 Å². The fraction of sp³-hybridized carbons (Fsp3) is 0.333. The zero-order valence-electron chi connectivity index (χ0n) is 13.3. The van der Waals surface area contributed by atoms with Crippen LogP contribution in [-0.4, -0.2) is 20.3 Å². The van der Waals surface area contributed by atoms with Crippen LogP contribution < -0.4 is 10.1 Å². The van der Waals surface area contributed by atoms with Crippen LogP contribution in [0.25, 0.3) is 0 Å². The second-order valence-electron chi connectivity index (χ2n) is 5.05. The second kappa shape index (κ2) is 11.3. The maximum Gasteiger partial charge on any atom is 0.119 e. The van der Waals surface area contributed by atoms with E-state index in [1.807, 2.05) is 36.4 Å².